The third-order valence-corrected chi connectivity index (χ3v) is 4.85. The highest BCUT2D eigenvalue weighted by Gasteiger charge is 2.30. The predicted octanol–water partition coefficient (Wildman–Crippen LogP) is 4.04. The first-order valence-electron chi connectivity index (χ1n) is 7.38. The first kappa shape index (κ1) is 14.5. The lowest BCUT2D eigenvalue weighted by molar-refractivity contribution is 0.628. The number of aromatic nitrogens is 1. The molecule has 0 aliphatic heterocycles. The second-order valence-corrected chi connectivity index (χ2v) is 6.46. The lowest BCUT2D eigenvalue weighted by Crippen LogP contribution is -2.11. The average Bonchev–Trinajstić information content (AvgIpc) is 3.24. The monoisotopic (exact) mass is 305 g/mol. The molecular weight excluding hydrogens is 285 g/mol. The van der Waals surface area contributed by atoms with Crippen LogP contribution >= 0.6 is 11.3 Å². The van der Waals surface area contributed by atoms with Gasteiger partial charge in [-0.3, -0.25) is 0 Å². The van der Waals surface area contributed by atoms with Crippen molar-refractivity contribution in [2.45, 2.75) is 32.2 Å². The standard InChI is InChI=1S/C16H20FN3S/c1-3-18-10-14-15(11-7-8-11)19-16(21-14)20(2)13-6-4-5-12(17)9-13/h4-6,9,11,18H,3,7-8,10H2,1-2H3. The van der Waals surface area contributed by atoms with Gasteiger partial charge < -0.3 is 10.2 Å². The van der Waals surface area contributed by atoms with E-state index >= 15 is 0 Å². The molecule has 1 N–H and O–H groups in total. The highest BCUT2D eigenvalue weighted by molar-refractivity contribution is 7.15. The van der Waals surface area contributed by atoms with Gasteiger partial charge in [0.15, 0.2) is 5.13 Å². The maximum absolute atomic E-state index is 13.4. The van der Waals surface area contributed by atoms with E-state index in [1.54, 1.807) is 23.5 Å². The summed E-state index contributed by atoms with van der Waals surface area (Å²) >= 11 is 1.71. The third kappa shape index (κ3) is 3.24. The highest BCUT2D eigenvalue weighted by Crippen LogP contribution is 2.44. The summed E-state index contributed by atoms with van der Waals surface area (Å²) in [6.07, 6.45) is 2.48. The van der Waals surface area contributed by atoms with Gasteiger partial charge in [-0.1, -0.05) is 24.3 Å². The molecule has 1 saturated carbocycles. The van der Waals surface area contributed by atoms with Crippen molar-refractivity contribution < 1.29 is 4.39 Å². The zero-order valence-electron chi connectivity index (χ0n) is 12.4. The Balaban J connectivity index is 1.87. The smallest absolute Gasteiger partial charge is 0.190 e. The van der Waals surface area contributed by atoms with E-state index in [2.05, 4.69) is 12.2 Å². The summed E-state index contributed by atoms with van der Waals surface area (Å²) in [7, 11) is 1.95. The molecule has 1 fully saturated rings. The molecule has 0 spiro atoms. The molecule has 1 aliphatic carbocycles. The number of nitrogens with one attached hydrogen (secondary N) is 1. The fraction of sp³-hybridized carbons (Fsp3) is 0.438. The summed E-state index contributed by atoms with van der Waals surface area (Å²) in [5.74, 6) is 0.413. The van der Waals surface area contributed by atoms with E-state index in [9.17, 15) is 4.39 Å². The van der Waals surface area contributed by atoms with Crippen molar-refractivity contribution in [3.05, 3.63) is 40.7 Å². The Morgan fingerprint density at radius 1 is 1.43 bits per heavy atom. The zero-order chi connectivity index (χ0) is 14.8. The first-order valence-corrected chi connectivity index (χ1v) is 8.20. The number of halogens is 1. The first-order chi connectivity index (χ1) is 10.2. The normalized spacial score (nSPS) is 14.4. The molecule has 1 aromatic heterocycles. The van der Waals surface area contributed by atoms with Crippen molar-refractivity contribution in [1.82, 2.24) is 10.3 Å². The summed E-state index contributed by atoms with van der Waals surface area (Å²) < 4.78 is 13.4. The van der Waals surface area contributed by atoms with Crippen LogP contribution in [0.15, 0.2) is 24.3 Å². The van der Waals surface area contributed by atoms with Crippen LogP contribution in [-0.4, -0.2) is 18.6 Å². The second kappa shape index (κ2) is 6.12. The van der Waals surface area contributed by atoms with Crippen molar-refractivity contribution in [3.63, 3.8) is 0 Å². The molecule has 0 atom stereocenters. The lowest BCUT2D eigenvalue weighted by atomic mass is 10.2. The van der Waals surface area contributed by atoms with Crippen molar-refractivity contribution in [1.29, 1.82) is 0 Å². The maximum atomic E-state index is 13.4. The summed E-state index contributed by atoms with van der Waals surface area (Å²) in [5.41, 5.74) is 2.07. The van der Waals surface area contributed by atoms with Crippen LogP contribution in [0.25, 0.3) is 0 Å². The lowest BCUT2D eigenvalue weighted by Gasteiger charge is -2.15. The quantitative estimate of drug-likeness (QED) is 0.873. The minimum atomic E-state index is -0.216. The largest absolute Gasteiger partial charge is 0.321 e. The van der Waals surface area contributed by atoms with Crippen molar-refractivity contribution in [2.24, 2.45) is 0 Å². The van der Waals surface area contributed by atoms with Gasteiger partial charge in [0.25, 0.3) is 0 Å². The van der Waals surface area contributed by atoms with Crippen molar-refractivity contribution in [3.8, 4) is 0 Å². The Morgan fingerprint density at radius 3 is 2.90 bits per heavy atom. The van der Waals surface area contributed by atoms with Crippen LogP contribution in [0.4, 0.5) is 15.2 Å². The minimum Gasteiger partial charge on any atom is -0.321 e. The summed E-state index contributed by atoms with van der Waals surface area (Å²) in [6, 6.07) is 6.65. The topological polar surface area (TPSA) is 28.2 Å². The summed E-state index contributed by atoms with van der Waals surface area (Å²) in [4.78, 5) is 8.10. The molecule has 1 heterocycles. The van der Waals surface area contributed by atoms with Gasteiger partial charge in [0, 0.05) is 30.1 Å². The van der Waals surface area contributed by atoms with Crippen LogP contribution in [0, 0.1) is 5.82 Å². The van der Waals surface area contributed by atoms with Crippen molar-refractivity contribution in [2.75, 3.05) is 18.5 Å². The van der Waals surface area contributed by atoms with Gasteiger partial charge in [0.05, 0.1) is 5.69 Å². The van der Waals surface area contributed by atoms with Gasteiger partial charge in [-0.15, -0.1) is 0 Å². The molecule has 0 unspecified atom stereocenters. The molecule has 3 rings (SSSR count). The number of benzene rings is 1. The predicted molar refractivity (Wildman–Crippen MR) is 85.9 cm³/mol. The van der Waals surface area contributed by atoms with Gasteiger partial charge >= 0.3 is 0 Å². The Bertz CT molecular complexity index is 622. The van der Waals surface area contributed by atoms with E-state index in [1.807, 2.05) is 18.0 Å². The molecule has 0 bridgehead atoms. The Morgan fingerprint density at radius 2 is 2.24 bits per heavy atom. The molecule has 5 heteroatoms. The number of rotatable bonds is 6. The fourth-order valence-electron chi connectivity index (χ4n) is 2.33. The molecule has 0 saturated heterocycles. The van der Waals surface area contributed by atoms with Gasteiger partial charge in [0.1, 0.15) is 5.82 Å². The minimum absolute atomic E-state index is 0.216. The van der Waals surface area contributed by atoms with Crippen LogP contribution < -0.4 is 10.2 Å². The van der Waals surface area contributed by atoms with Gasteiger partial charge in [-0.05, 0) is 37.6 Å². The molecule has 2 aromatic rings. The molecule has 0 amide bonds. The molecule has 1 aliphatic rings. The highest BCUT2D eigenvalue weighted by atomic mass is 32.1. The molecule has 112 valence electrons. The van der Waals surface area contributed by atoms with Crippen LogP contribution in [-0.2, 0) is 6.54 Å². The van der Waals surface area contributed by atoms with E-state index in [0.29, 0.717) is 5.92 Å². The molecule has 1 aromatic carbocycles. The zero-order valence-corrected chi connectivity index (χ0v) is 13.2. The molecule has 3 nitrogen and oxygen atoms in total. The summed E-state index contributed by atoms with van der Waals surface area (Å²) in [5, 5.41) is 4.32. The summed E-state index contributed by atoms with van der Waals surface area (Å²) in [6.45, 7) is 3.94. The van der Waals surface area contributed by atoms with Gasteiger partial charge in [0.2, 0.25) is 0 Å². The number of thiazole rings is 1. The second-order valence-electron chi connectivity index (χ2n) is 5.40. The van der Waals surface area contributed by atoms with Crippen molar-refractivity contribution >= 4 is 22.2 Å². The third-order valence-electron chi connectivity index (χ3n) is 3.70. The van der Waals surface area contributed by atoms with Gasteiger partial charge in [-0.25, -0.2) is 9.37 Å². The maximum Gasteiger partial charge on any atom is 0.190 e. The number of hydrogen-bond acceptors (Lipinski definition) is 4. The average molecular weight is 305 g/mol. The van der Waals surface area contributed by atoms with E-state index < -0.39 is 0 Å². The van der Waals surface area contributed by atoms with Crippen LogP contribution in [0.3, 0.4) is 0 Å². The van der Waals surface area contributed by atoms with Crippen LogP contribution in [0.5, 0.6) is 0 Å². The van der Waals surface area contributed by atoms with Gasteiger partial charge in [-0.2, -0.15) is 0 Å². The molecular formula is C16H20FN3S. The Kier molecular flexibility index (Phi) is 4.22. The number of anilines is 2. The number of hydrogen-bond donors (Lipinski definition) is 1. The van der Waals surface area contributed by atoms with Crippen LogP contribution in [0.1, 0.15) is 36.3 Å². The van der Waals surface area contributed by atoms with E-state index in [4.69, 9.17) is 4.98 Å². The molecule has 0 radical (unpaired) electrons. The van der Waals surface area contributed by atoms with E-state index in [1.165, 1.54) is 29.5 Å². The Labute approximate surface area is 128 Å². The van der Waals surface area contributed by atoms with Crippen LogP contribution in [0.2, 0.25) is 0 Å². The SMILES string of the molecule is CCNCc1sc(N(C)c2cccc(F)c2)nc1C1CC1. The Hall–Kier alpha value is -1.46. The van der Waals surface area contributed by atoms with E-state index in [0.717, 1.165) is 23.9 Å². The van der Waals surface area contributed by atoms with E-state index in [-0.39, 0.29) is 5.82 Å². The molecule has 21 heavy (non-hydrogen) atoms. The fourth-order valence-corrected chi connectivity index (χ4v) is 3.43. The number of nitrogens with zero attached hydrogens (tertiary/aromatic N) is 2.